The summed E-state index contributed by atoms with van der Waals surface area (Å²) in [4.78, 5) is 18.2. The number of carbonyl (C=O) groups excluding carboxylic acids is 1. The summed E-state index contributed by atoms with van der Waals surface area (Å²) >= 11 is 0. The third kappa shape index (κ3) is 4.37. The summed E-state index contributed by atoms with van der Waals surface area (Å²) in [6.07, 6.45) is 17.7. The van der Waals surface area contributed by atoms with Crippen LogP contribution in [-0.4, -0.2) is 44.0 Å². The zero-order chi connectivity index (χ0) is 23.5. The third-order valence-electron chi connectivity index (χ3n) is 7.53. The van der Waals surface area contributed by atoms with Gasteiger partial charge in [-0.25, -0.2) is 0 Å². The number of carbonyl (C=O) groups is 1. The first-order valence-corrected chi connectivity index (χ1v) is 12.4. The van der Waals surface area contributed by atoms with E-state index in [9.17, 15) is 4.79 Å². The number of rotatable bonds is 5. The van der Waals surface area contributed by atoms with E-state index in [0.29, 0.717) is 19.6 Å². The number of hydrogen-bond donors (Lipinski definition) is 3. The molecule has 5 rings (SSSR count). The van der Waals surface area contributed by atoms with Crippen LogP contribution in [0.15, 0.2) is 72.2 Å². The predicted octanol–water partition coefficient (Wildman–Crippen LogP) is 3.27. The molecule has 6 heteroatoms. The van der Waals surface area contributed by atoms with Gasteiger partial charge in [-0.3, -0.25) is 4.79 Å². The number of hydrogen-bond acceptors (Lipinski definition) is 5. The molecule has 0 radical (unpaired) electrons. The quantitative estimate of drug-likeness (QED) is 0.633. The average Bonchev–Trinajstić information content (AvgIpc) is 3.24. The van der Waals surface area contributed by atoms with Crippen LogP contribution in [0.25, 0.3) is 5.57 Å². The molecule has 0 bridgehead atoms. The van der Waals surface area contributed by atoms with Crippen molar-refractivity contribution in [1.82, 2.24) is 15.5 Å². The Morgan fingerprint density at radius 2 is 2.12 bits per heavy atom. The molecule has 1 fully saturated rings. The van der Waals surface area contributed by atoms with Gasteiger partial charge in [-0.2, -0.15) is 0 Å². The molecule has 2 aliphatic carbocycles. The molecule has 6 nitrogen and oxygen atoms in total. The number of fused-ring (bicyclic) bond motifs is 2. The lowest BCUT2D eigenvalue weighted by atomic mass is 9.87. The van der Waals surface area contributed by atoms with E-state index in [1.54, 1.807) is 6.20 Å². The van der Waals surface area contributed by atoms with Gasteiger partial charge in [-0.05, 0) is 54.2 Å². The molecule has 4 N–H and O–H groups in total. The van der Waals surface area contributed by atoms with Crippen LogP contribution in [0.3, 0.4) is 0 Å². The molecular weight excluding hydrogens is 422 g/mol. The van der Waals surface area contributed by atoms with Gasteiger partial charge in [-0.15, -0.1) is 0 Å². The van der Waals surface area contributed by atoms with Crippen LogP contribution in [-0.2, 0) is 11.3 Å². The fourth-order valence-electron chi connectivity index (χ4n) is 5.57. The summed E-state index contributed by atoms with van der Waals surface area (Å²) in [5.41, 5.74) is 13.0. The summed E-state index contributed by atoms with van der Waals surface area (Å²) in [5.74, 6) is 0.535. The van der Waals surface area contributed by atoms with Gasteiger partial charge in [-0.1, -0.05) is 36.4 Å². The Morgan fingerprint density at radius 3 is 2.91 bits per heavy atom. The van der Waals surface area contributed by atoms with Crippen LogP contribution < -0.4 is 21.3 Å². The molecular formula is C28H35N5O. The predicted molar refractivity (Wildman–Crippen MR) is 139 cm³/mol. The first-order chi connectivity index (χ1) is 16.7. The van der Waals surface area contributed by atoms with Crippen molar-refractivity contribution in [3.05, 3.63) is 83.4 Å². The van der Waals surface area contributed by atoms with Crippen LogP contribution in [0.2, 0.25) is 0 Å². The number of anilines is 1. The van der Waals surface area contributed by atoms with E-state index >= 15 is 0 Å². The van der Waals surface area contributed by atoms with Gasteiger partial charge in [0.05, 0.1) is 12.5 Å². The highest BCUT2D eigenvalue weighted by Crippen LogP contribution is 2.35. The van der Waals surface area contributed by atoms with E-state index in [0.717, 1.165) is 38.0 Å². The first-order valence-electron chi connectivity index (χ1n) is 12.4. The molecule has 1 aromatic carbocycles. The maximum absolute atomic E-state index is 13.8. The van der Waals surface area contributed by atoms with Crippen LogP contribution in [0.5, 0.6) is 0 Å². The van der Waals surface area contributed by atoms with Gasteiger partial charge < -0.3 is 26.2 Å². The standard InChI is InChI=1S/C28H35N5O/c1-30-23(16-29)19-32-13-14-33(28(34)25-17-31-26-10-6-5-9-24(25)26)18-22-15-21(11-12-27(22)32)20-7-3-2-4-8-20/h2-3,5-7,10-12,15-16,24-25,30-31H,4,8-9,13-14,17-19,29H2,1H3/b23-16-/t24?,25-/m0/s1. The molecule has 0 saturated carbocycles. The molecule has 2 aliphatic heterocycles. The highest BCUT2D eigenvalue weighted by atomic mass is 16.2. The maximum Gasteiger partial charge on any atom is 0.228 e. The SMILES string of the molecule is CN/C(=C\N)CN1CCN(C(=O)[C@H]2CNC3=CC=CCC32)Cc2cc(C3=CC=CCC3)ccc21. The minimum absolute atomic E-state index is 0.00243. The Kier molecular flexibility index (Phi) is 6.48. The van der Waals surface area contributed by atoms with Gasteiger partial charge >= 0.3 is 0 Å². The summed E-state index contributed by atoms with van der Waals surface area (Å²) in [5, 5.41) is 6.67. The van der Waals surface area contributed by atoms with Gasteiger partial charge in [0.15, 0.2) is 0 Å². The van der Waals surface area contributed by atoms with Crippen LogP contribution >= 0.6 is 0 Å². The normalized spacial score (nSPS) is 24.0. The topological polar surface area (TPSA) is 73.6 Å². The van der Waals surface area contributed by atoms with Crippen LogP contribution in [0, 0.1) is 11.8 Å². The Hall–Kier alpha value is -3.41. The molecule has 2 atom stereocenters. The van der Waals surface area contributed by atoms with E-state index in [-0.39, 0.29) is 17.7 Å². The summed E-state index contributed by atoms with van der Waals surface area (Å²) < 4.78 is 0. The molecule has 4 aliphatic rings. The monoisotopic (exact) mass is 457 g/mol. The fraction of sp³-hybridized carbons (Fsp3) is 0.393. The average molecular weight is 458 g/mol. The highest BCUT2D eigenvalue weighted by molar-refractivity contribution is 5.81. The van der Waals surface area contributed by atoms with Crippen molar-refractivity contribution in [1.29, 1.82) is 0 Å². The minimum Gasteiger partial charge on any atom is -0.403 e. The fourth-order valence-corrected chi connectivity index (χ4v) is 5.57. The van der Waals surface area contributed by atoms with E-state index < -0.39 is 0 Å². The molecule has 1 aromatic rings. The van der Waals surface area contributed by atoms with Crippen molar-refractivity contribution >= 4 is 17.2 Å². The first kappa shape index (κ1) is 22.4. The molecule has 1 unspecified atom stereocenters. The van der Waals surface area contributed by atoms with Gasteiger partial charge in [0.1, 0.15) is 0 Å². The lowest BCUT2D eigenvalue weighted by molar-refractivity contribution is -0.136. The smallest absolute Gasteiger partial charge is 0.228 e. The van der Waals surface area contributed by atoms with Crippen molar-refractivity contribution in [2.75, 3.05) is 38.1 Å². The maximum atomic E-state index is 13.8. The molecule has 0 spiro atoms. The number of nitrogens with zero attached hydrogens (tertiary/aromatic N) is 2. The third-order valence-corrected chi connectivity index (χ3v) is 7.53. The zero-order valence-electron chi connectivity index (χ0n) is 20.0. The second kappa shape index (κ2) is 9.84. The van der Waals surface area contributed by atoms with Crippen molar-refractivity contribution in [2.24, 2.45) is 17.6 Å². The largest absolute Gasteiger partial charge is 0.403 e. The number of nitrogens with one attached hydrogen (secondary N) is 2. The Bertz CT molecular complexity index is 1100. The Balaban J connectivity index is 1.45. The van der Waals surface area contributed by atoms with Crippen LogP contribution in [0.4, 0.5) is 5.69 Å². The molecule has 0 aromatic heterocycles. The number of likely N-dealkylation sites (N-methyl/N-ethyl adjacent to an activating group) is 1. The van der Waals surface area contributed by atoms with Crippen LogP contribution in [0.1, 0.15) is 30.4 Å². The van der Waals surface area contributed by atoms with E-state index in [1.807, 2.05) is 7.05 Å². The summed E-state index contributed by atoms with van der Waals surface area (Å²) in [6, 6.07) is 6.75. The summed E-state index contributed by atoms with van der Waals surface area (Å²) in [7, 11) is 1.90. The van der Waals surface area contributed by atoms with Gasteiger partial charge in [0.2, 0.25) is 5.91 Å². The number of nitrogens with two attached hydrogens (primary N) is 1. The molecule has 178 valence electrons. The lowest BCUT2D eigenvalue weighted by Crippen LogP contribution is -2.41. The molecule has 1 amide bonds. The Morgan fingerprint density at radius 1 is 1.24 bits per heavy atom. The van der Waals surface area contributed by atoms with E-state index in [1.165, 1.54) is 28.1 Å². The highest BCUT2D eigenvalue weighted by Gasteiger charge is 2.39. The van der Waals surface area contributed by atoms with Gasteiger partial charge in [0, 0.05) is 62.4 Å². The molecule has 1 saturated heterocycles. The molecule has 2 heterocycles. The number of benzene rings is 1. The lowest BCUT2D eigenvalue weighted by Gasteiger charge is -2.28. The second-order valence-electron chi connectivity index (χ2n) is 9.51. The van der Waals surface area contributed by atoms with Gasteiger partial charge in [0.25, 0.3) is 0 Å². The van der Waals surface area contributed by atoms with E-state index in [2.05, 4.69) is 75.1 Å². The van der Waals surface area contributed by atoms with Crippen molar-refractivity contribution in [3.8, 4) is 0 Å². The van der Waals surface area contributed by atoms with Crippen molar-refractivity contribution in [3.63, 3.8) is 0 Å². The minimum atomic E-state index is -0.00243. The summed E-state index contributed by atoms with van der Waals surface area (Å²) in [6.45, 7) is 3.53. The van der Waals surface area contributed by atoms with Crippen molar-refractivity contribution < 1.29 is 4.79 Å². The number of amides is 1. The van der Waals surface area contributed by atoms with Crippen molar-refractivity contribution in [2.45, 2.75) is 25.8 Å². The molecule has 34 heavy (non-hydrogen) atoms. The zero-order valence-corrected chi connectivity index (χ0v) is 20.0. The number of allylic oxidation sites excluding steroid dienone is 8. The van der Waals surface area contributed by atoms with E-state index in [4.69, 9.17) is 5.73 Å². The second-order valence-corrected chi connectivity index (χ2v) is 9.51. The Labute approximate surface area is 202 Å².